The van der Waals surface area contributed by atoms with Gasteiger partial charge in [-0.3, -0.25) is 4.79 Å². The molecule has 0 bridgehead atoms. The summed E-state index contributed by atoms with van der Waals surface area (Å²) < 4.78 is 20.6. The molecular formula is C16H18FNO2. The fraction of sp³-hybridized carbons (Fsp3) is 0.438. The normalized spacial score (nSPS) is 18.1. The number of carbonyl (C=O) groups is 1. The summed E-state index contributed by atoms with van der Waals surface area (Å²) in [4.78, 5) is 11.8. The molecule has 1 aromatic heterocycles. The first kappa shape index (κ1) is 13.2. The third-order valence-corrected chi connectivity index (χ3v) is 4.28. The fourth-order valence-corrected chi connectivity index (χ4v) is 3.35. The molecule has 0 aliphatic heterocycles. The van der Waals surface area contributed by atoms with Crippen molar-refractivity contribution in [2.24, 2.45) is 5.92 Å². The summed E-state index contributed by atoms with van der Waals surface area (Å²) in [5.74, 6) is -0.495. The van der Waals surface area contributed by atoms with Crippen molar-refractivity contribution >= 4 is 16.9 Å². The Balaban J connectivity index is 2.14. The lowest BCUT2D eigenvalue weighted by Crippen LogP contribution is -2.24. The van der Waals surface area contributed by atoms with Gasteiger partial charge in [-0.15, -0.1) is 0 Å². The van der Waals surface area contributed by atoms with E-state index < -0.39 is 0 Å². The number of rotatable bonds is 2. The van der Waals surface area contributed by atoms with E-state index in [1.165, 1.54) is 18.9 Å². The van der Waals surface area contributed by atoms with Crippen LogP contribution in [0, 0.1) is 11.7 Å². The molecule has 2 aromatic rings. The summed E-state index contributed by atoms with van der Waals surface area (Å²) in [6.45, 7) is 2.95. The van der Waals surface area contributed by atoms with Gasteiger partial charge in [0.15, 0.2) is 0 Å². The van der Waals surface area contributed by atoms with E-state index in [-0.39, 0.29) is 17.7 Å². The predicted molar refractivity (Wildman–Crippen MR) is 75.1 cm³/mol. The minimum Gasteiger partial charge on any atom is -0.469 e. The number of hydrogen-bond donors (Lipinski definition) is 0. The SMILES string of the molecule is CCn1c2c(c3cc(F)ccc31)CC(C(=O)OC)CC2. The Bertz CT molecular complexity index is 675. The number of benzene rings is 1. The Morgan fingerprint density at radius 2 is 2.30 bits per heavy atom. The van der Waals surface area contributed by atoms with Crippen LogP contribution in [-0.4, -0.2) is 17.6 Å². The number of esters is 1. The molecule has 1 aliphatic rings. The highest BCUT2D eigenvalue weighted by Gasteiger charge is 2.29. The van der Waals surface area contributed by atoms with Crippen LogP contribution in [-0.2, 0) is 28.9 Å². The van der Waals surface area contributed by atoms with Crippen LogP contribution in [0.15, 0.2) is 18.2 Å². The van der Waals surface area contributed by atoms with E-state index >= 15 is 0 Å². The lowest BCUT2D eigenvalue weighted by atomic mass is 9.86. The van der Waals surface area contributed by atoms with Crippen molar-refractivity contribution in [3.8, 4) is 0 Å². The average Bonchev–Trinajstić information content (AvgIpc) is 2.78. The molecule has 0 saturated heterocycles. The van der Waals surface area contributed by atoms with Crippen LogP contribution in [0.5, 0.6) is 0 Å². The molecule has 0 saturated carbocycles. The molecule has 20 heavy (non-hydrogen) atoms. The molecule has 1 atom stereocenters. The molecule has 1 aromatic carbocycles. The third-order valence-electron chi connectivity index (χ3n) is 4.28. The second kappa shape index (κ2) is 4.93. The van der Waals surface area contributed by atoms with Crippen LogP contribution < -0.4 is 0 Å². The zero-order valence-corrected chi connectivity index (χ0v) is 11.8. The molecule has 0 fully saturated rings. The molecule has 0 radical (unpaired) electrons. The molecule has 106 valence electrons. The zero-order chi connectivity index (χ0) is 14.3. The van der Waals surface area contributed by atoms with E-state index in [9.17, 15) is 9.18 Å². The van der Waals surface area contributed by atoms with Gasteiger partial charge in [-0.1, -0.05) is 0 Å². The van der Waals surface area contributed by atoms with Gasteiger partial charge in [0, 0.05) is 23.1 Å². The van der Waals surface area contributed by atoms with Crippen molar-refractivity contribution in [3.05, 3.63) is 35.3 Å². The summed E-state index contributed by atoms with van der Waals surface area (Å²) in [5.41, 5.74) is 3.42. The number of aromatic nitrogens is 1. The number of methoxy groups -OCH3 is 1. The summed E-state index contributed by atoms with van der Waals surface area (Å²) in [5, 5.41) is 0.940. The smallest absolute Gasteiger partial charge is 0.309 e. The number of carbonyl (C=O) groups excluding carboxylic acids is 1. The van der Waals surface area contributed by atoms with Gasteiger partial charge in [0.05, 0.1) is 13.0 Å². The molecular weight excluding hydrogens is 257 g/mol. The Labute approximate surface area is 117 Å². The van der Waals surface area contributed by atoms with Crippen LogP contribution in [0.4, 0.5) is 4.39 Å². The highest BCUT2D eigenvalue weighted by Crippen LogP contribution is 2.35. The first-order valence-corrected chi connectivity index (χ1v) is 7.03. The average molecular weight is 275 g/mol. The van der Waals surface area contributed by atoms with E-state index in [0.29, 0.717) is 6.42 Å². The minimum atomic E-state index is -0.228. The maximum absolute atomic E-state index is 13.5. The highest BCUT2D eigenvalue weighted by atomic mass is 19.1. The van der Waals surface area contributed by atoms with E-state index in [2.05, 4.69) is 11.5 Å². The second-order valence-electron chi connectivity index (χ2n) is 5.29. The van der Waals surface area contributed by atoms with Gasteiger partial charge in [-0.2, -0.15) is 0 Å². The molecule has 1 aliphatic carbocycles. The van der Waals surface area contributed by atoms with Gasteiger partial charge < -0.3 is 9.30 Å². The van der Waals surface area contributed by atoms with E-state index in [1.54, 1.807) is 6.07 Å². The van der Waals surface area contributed by atoms with E-state index in [0.717, 1.165) is 35.9 Å². The highest BCUT2D eigenvalue weighted by molar-refractivity contribution is 5.87. The maximum Gasteiger partial charge on any atom is 0.309 e. The quantitative estimate of drug-likeness (QED) is 0.789. The molecule has 1 unspecified atom stereocenters. The first-order valence-electron chi connectivity index (χ1n) is 7.03. The molecule has 3 rings (SSSR count). The Morgan fingerprint density at radius 1 is 1.50 bits per heavy atom. The van der Waals surface area contributed by atoms with Crippen molar-refractivity contribution < 1.29 is 13.9 Å². The zero-order valence-electron chi connectivity index (χ0n) is 11.8. The third kappa shape index (κ3) is 1.90. The Kier molecular flexibility index (Phi) is 3.24. The van der Waals surface area contributed by atoms with Gasteiger partial charge in [0.25, 0.3) is 0 Å². The lowest BCUT2D eigenvalue weighted by Gasteiger charge is -2.21. The van der Waals surface area contributed by atoms with E-state index in [4.69, 9.17) is 4.74 Å². The molecule has 0 amide bonds. The number of nitrogens with zero attached hydrogens (tertiary/aromatic N) is 1. The summed E-state index contributed by atoms with van der Waals surface area (Å²) >= 11 is 0. The summed E-state index contributed by atoms with van der Waals surface area (Å²) in [7, 11) is 1.42. The lowest BCUT2D eigenvalue weighted by molar-refractivity contribution is -0.145. The Hall–Kier alpha value is -1.84. The molecule has 3 nitrogen and oxygen atoms in total. The standard InChI is InChI=1S/C16H18FNO2/c1-3-18-14-6-4-10(16(19)20-2)8-12(14)13-9-11(17)5-7-15(13)18/h5,7,9-10H,3-4,6,8H2,1-2H3. The van der Waals surface area contributed by atoms with Crippen LogP contribution in [0.2, 0.25) is 0 Å². The number of ether oxygens (including phenoxy) is 1. The van der Waals surface area contributed by atoms with Crippen LogP contribution >= 0.6 is 0 Å². The Morgan fingerprint density at radius 3 is 3.00 bits per heavy atom. The first-order chi connectivity index (χ1) is 9.65. The van der Waals surface area contributed by atoms with Gasteiger partial charge >= 0.3 is 5.97 Å². The van der Waals surface area contributed by atoms with Gasteiger partial charge in [0.1, 0.15) is 5.82 Å². The van der Waals surface area contributed by atoms with Crippen molar-refractivity contribution in [3.63, 3.8) is 0 Å². The number of fused-ring (bicyclic) bond motifs is 3. The van der Waals surface area contributed by atoms with Crippen molar-refractivity contribution in [1.29, 1.82) is 0 Å². The van der Waals surface area contributed by atoms with Gasteiger partial charge in [-0.05, 0) is 49.9 Å². The molecule has 0 N–H and O–H groups in total. The second-order valence-corrected chi connectivity index (χ2v) is 5.29. The van der Waals surface area contributed by atoms with Gasteiger partial charge in [-0.25, -0.2) is 4.39 Å². The van der Waals surface area contributed by atoms with Crippen molar-refractivity contribution in [2.75, 3.05) is 7.11 Å². The number of aryl methyl sites for hydroxylation is 1. The van der Waals surface area contributed by atoms with Crippen LogP contribution in [0.25, 0.3) is 10.9 Å². The summed E-state index contributed by atoms with van der Waals surface area (Å²) in [6, 6.07) is 4.91. The number of hydrogen-bond acceptors (Lipinski definition) is 2. The fourth-order valence-electron chi connectivity index (χ4n) is 3.35. The van der Waals surface area contributed by atoms with Crippen LogP contribution in [0.1, 0.15) is 24.6 Å². The van der Waals surface area contributed by atoms with Crippen molar-refractivity contribution in [2.45, 2.75) is 32.7 Å². The molecule has 1 heterocycles. The van der Waals surface area contributed by atoms with E-state index in [1.807, 2.05) is 6.07 Å². The maximum atomic E-state index is 13.5. The van der Waals surface area contributed by atoms with Crippen molar-refractivity contribution in [1.82, 2.24) is 4.57 Å². The predicted octanol–water partition coefficient (Wildman–Crippen LogP) is 3.08. The monoisotopic (exact) mass is 275 g/mol. The van der Waals surface area contributed by atoms with Crippen LogP contribution in [0.3, 0.4) is 0 Å². The summed E-state index contributed by atoms with van der Waals surface area (Å²) in [6.07, 6.45) is 2.30. The largest absolute Gasteiger partial charge is 0.469 e. The molecule has 0 spiro atoms. The molecule has 4 heteroatoms. The number of halogens is 1. The topological polar surface area (TPSA) is 31.2 Å². The van der Waals surface area contributed by atoms with Gasteiger partial charge in [0.2, 0.25) is 0 Å². The minimum absolute atomic E-state index is 0.105.